The quantitative estimate of drug-likeness (QED) is 0.849. The predicted octanol–water partition coefficient (Wildman–Crippen LogP) is 4.86. The van der Waals surface area contributed by atoms with E-state index in [1.807, 2.05) is 12.4 Å². The number of hydrogen-bond acceptors (Lipinski definition) is 2. The molecule has 1 N–H and O–H groups in total. The van der Waals surface area contributed by atoms with Gasteiger partial charge < -0.3 is 5.32 Å². The Balaban J connectivity index is 1.71. The molecule has 2 heteroatoms. The Morgan fingerprint density at radius 1 is 1.19 bits per heavy atom. The molecule has 110 valence electrons. The molecule has 2 saturated carbocycles. The molecule has 2 aliphatic rings. The van der Waals surface area contributed by atoms with Crippen LogP contribution >= 0.6 is 0 Å². The summed E-state index contributed by atoms with van der Waals surface area (Å²) in [6.07, 6.45) is 7.91. The zero-order valence-corrected chi connectivity index (χ0v) is 13.2. The van der Waals surface area contributed by atoms with Crippen molar-refractivity contribution >= 4 is 16.5 Å². The lowest BCUT2D eigenvalue weighted by Gasteiger charge is -2.40. The normalized spacial score (nSPS) is 33.5. The highest BCUT2D eigenvalue weighted by atomic mass is 15.0. The number of fused-ring (bicyclic) bond motifs is 3. The monoisotopic (exact) mass is 280 g/mol. The first-order valence-electron chi connectivity index (χ1n) is 8.12. The molecule has 4 rings (SSSR count). The minimum atomic E-state index is 0.405. The lowest BCUT2D eigenvalue weighted by Crippen LogP contribution is -2.40. The van der Waals surface area contributed by atoms with Gasteiger partial charge in [-0.25, -0.2) is 0 Å². The molecule has 0 amide bonds. The third-order valence-electron chi connectivity index (χ3n) is 6.81. The van der Waals surface area contributed by atoms with Crippen LogP contribution in [0.5, 0.6) is 0 Å². The summed E-state index contributed by atoms with van der Waals surface area (Å²) in [4.78, 5) is 4.30. The van der Waals surface area contributed by atoms with E-state index in [-0.39, 0.29) is 0 Å². The van der Waals surface area contributed by atoms with Crippen molar-refractivity contribution in [2.24, 2.45) is 16.7 Å². The van der Waals surface area contributed by atoms with E-state index in [2.05, 4.69) is 55.3 Å². The molecule has 21 heavy (non-hydrogen) atoms. The number of rotatable bonds is 2. The van der Waals surface area contributed by atoms with Crippen LogP contribution in [0.1, 0.15) is 40.0 Å². The summed E-state index contributed by atoms with van der Waals surface area (Å²) >= 11 is 0. The Morgan fingerprint density at radius 2 is 2.05 bits per heavy atom. The van der Waals surface area contributed by atoms with Gasteiger partial charge in [0.15, 0.2) is 0 Å². The van der Waals surface area contributed by atoms with Gasteiger partial charge in [-0.2, -0.15) is 0 Å². The molecule has 2 bridgehead atoms. The molecule has 2 aromatic rings. The third-order valence-corrected chi connectivity index (χ3v) is 6.81. The van der Waals surface area contributed by atoms with E-state index in [9.17, 15) is 0 Å². The number of nitrogens with zero attached hydrogens (tertiary/aromatic N) is 1. The van der Waals surface area contributed by atoms with Crippen molar-refractivity contribution in [3.63, 3.8) is 0 Å². The third kappa shape index (κ3) is 1.68. The smallest absolute Gasteiger partial charge is 0.0437 e. The topological polar surface area (TPSA) is 24.9 Å². The highest BCUT2D eigenvalue weighted by Crippen LogP contribution is 2.65. The molecular weight excluding hydrogens is 256 g/mol. The van der Waals surface area contributed by atoms with Crippen LogP contribution in [0, 0.1) is 16.7 Å². The van der Waals surface area contributed by atoms with Crippen LogP contribution in [-0.4, -0.2) is 11.0 Å². The van der Waals surface area contributed by atoms with Gasteiger partial charge in [0.2, 0.25) is 0 Å². The summed E-state index contributed by atoms with van der Waals surface area (Å²) < 4.78 is 0. The maximum atomic E-state index is 4.30. The van der Waals surface area contributed by atoms with Gasteiger partial charge in [-0.1, -0.05) is 32.9 Å². The fourth-order valence-corrected chi connectivity index (χ4v) is 4.85. The van der Waals surface area contributed by atoms with Gasteiger partial charge in [-0.15, -0.1) is 0 Å². The molecule has 2 nitrogen and oxygen atoms in total. The van der Waals surface area contributed by atoms with Crippen molar-refractivity contribution in [1.82, 2.24) is 4.98 Å². The van der Waals surface area contributed by atoms with Crippen LogP contribution in [0.25, 0.3) is 10.8 Å². The summed E-state index contributed by atoms with van der Waals surface area (Å²) in [6, 6.07) is 9.18. The SMILES string of the molecule is CC1(C)C2CCC1(C)C(Nc1cccc3ccncc13)C2. The molecular formula is C19H24N2. The minimum Gasteiger partial charge on any atom is -0.381 e. The number of hydrogen-bond donors (Lipinski definition) is 1. The second kappa shape index (κ2) is 4.22. The molecule has 2 aliphatic carbocycles. The summed E-state index contributed by atoms with van der Waals surface area (Å²) in [5.74, 6) is 0.869. The molecule has 3 unspecified atom stereocenters. The Kier molecular flexibility index (Phi) is 2.64. The largest absolute Gasteiger partial charge is 0.381 e. The van der Waals surface area contributed by atoms with E-state index in [1.165, 1.54) is 35.7 Å². The second-order valence-corrected chi connectivity index (χ2v) is 7.71. The van der Waals surface area contributed by atoms with Crippen LogP contribution in [-0.2, 0) is 0 Å². The van der Waals surface area contributed by atoms with Crippen LogP contribution in [0.2, 0.25) is 0 Å². The van der Waals surface area contributed by atoms with E-state index >= 15 is 0 Å². The zero-order valence-electron chi connectivity index (χ0n) is 13.2. The van der Waals surface area contributed by atoms with Gasteiger partial charge in [0, 0.05) is 29.5 Å². The van der Waals surface area contributed by atoms with Crippen LogP contribution < -0.4 is 5.32 Å². The summed E-state index contributed by atoms with van der Waals surface area (Å²) in [6.45, 7) is 7.43. The van der Waals surface area contributed by atoms with Gasteiger partial charge in [0.25, 0.3) is 0 Å². The Bertz CT molecular complexity index is 686. The minimum absolute atomic E-state index is 0.405. The molecule has 1 aromatic carbocycles. The van der Waals surface area contributed by atoms with Gasteiger partial charge in [-0.3, -0.25) is 4.98 Å². The maximum Gasteiger partial charge on any atom is 0.0437 e. The van der Waals surface area contributed by atoms with Crippen molar-refractivity contribution < 1.29 is 0 Å². The van der Waals surface area contributed by atoms with Crippen molar-refractivity contribution in [2.45, 2.75) is 46.1 Å². The van der Waals surface area contributed by atoms with E-state index < -0.39 is 0 Å². The lowest BCUT2D eigenvalue weighted by molar-refractivity contribution is 0.142. The number of pyridine rings is 1. The predicted molar refractivity (Wildman–Crippen MR) is 88.4 cm³/mol. The summed E-state index contributed by atoms with van der Waals surface area (Å²) in [5.41, 5.74) is 2.10. The molecule has 0 aliphatic heterocycles. The fourth-order valence-electron chi connectivity index (χ4n) is 4.85. The average Bonchev–Trinajstić information content (AvgIpc) is 2.81. The lowest BCUT2D eigenvalue weighted by atomic mass is 9.69. The van der Waals surface area contributed by atoms with Gasteiger partial charge in [0.05, 0.1) is 0 Å². The number of nitrogens with one attached hydrogen (secondary N) is 1. The fraction of sp³-hybridized carbons (Fsp3) is 0.526. The Morgan fingerprint density at radius 3 is 2.76 bits per heavy atom. The van der Waals surface area contributed by atoms with E-state index in [1.54, 1.807) is 0 Å². The average molecular weight is 280 g/mol. The first kappa shape index (κ1) is 13.1. The van der Waals surface area contributed by atoms with Crippen molar-refractivity contribution in [3.05, 3.63) is 36.7 Å². The first-order valence-corrected chi connectivity index (χ1v) is 8.12. The van der Waals surface area contributed by atoms with Crippen LogP contribution in [0.3, 0.4) is 0 Å². The molecule has 0 saturated heterocycles. The number of anilines is 1. The summed E-state index contributed by atoms with van der Waals surface area (Å²) in [5, 5.41) is 6.38. The number of aromatic nitrogens is 1. The van der Waals surface area contributed by atoms with Crippen molar-refractivity contribution in [1.29, 1.82) is 0 Å². The van der Waals surface area contributed by atoms with E-state index in [0.717, 1.165) is 5.92 Å². The van der Waals surface area contributed by atoms with E-state index in [0.29, 0.717) is 16.9 Å². The number of benzene rings is 1. The summed E-state index contributed by atoms with van der Waals surface area (Å²) in [7, 11) is 0. The standard InChI is InChI=1S/C19H24N2/c1-18(2)14-7-9-19(18,3)17(11-14)21-16-6-4-5-13-8-10-20-12-15(13)16/h4-6,8,10,12,14,17,21H,7,9,11H2,1-3H3. The molecule has 2 fully saturated rings. The van der Waals surface area contributed by atoms with Crippen molar-refractivity contribution in [3.8, 4) is 0 Å². The van der Waals surface area contributed by atoms with E-state index in [4.69, 9.17) is 0 Å². The van der Waals surface area contributed by atoms with Gasteiger partial charge in [-0.05, 0) is 53.5 Å². The highest BCUT2D eigenvalue weighted by Gasteiger charge is 2.61. The molecule has 0 radical (unpaired) electrons. The zero-order chi connectivity index (χ0) is 14.7. The van der Waals surface area contributed by atoms with Crippen LogP contribution in [0.4, 0.5) is 5.69 Å². The highest BCUT2D eigenvalue weighted by molar-refractivity contribution is 5.93. The van der Waals surface area contributed by atoms with Gasteiger partial charge >= 0.3 is 0 Å². The Labute approximate surface area is 127 Å². The Hall–Kier alpha value is -1.57. The molecule has 1 aromatic heterocycles. The molecule has 0 spiro atoms. The van der Waals surface area contributed by atoms with Gasteiger partial charge in [0.1, 0.15) is 0 Å². The van der Waals surface area contributed by atoms with Crippen LogP contribution in [0.15, 0.2) is 36.7 Å². The van der Waals surface area contributed by atoms with Crippen molar-refractivity contribution in [2.75, 3.05) is 5.32 Å². The second-order valence-electron chi connectivity index (χ2n) is 7.71. The molecule has 3 atom stereocenters. The molecule has 1 heterocycles. The first-order chi connectivity index (χ1) is 10.0. The maximum absolute atomic E-state index is 4.30.